The fraction of sp³-hybridized carbons (Fsp3) is 0.611. The molecule has 0 heterocycles. The second kappa shape index (κ2) is 8.60. The Labute approximate surface area is 157 Å². The SMILES string of the molecule is CCOCc1cccc(C2CCC(C(F)(F)F)CC2)c1C(=O)NS(C)(=O)=O. The molecule has 0 unspecified atom stereocenters. The van der Waals surface area contributed by atoms with Crippen molar-refractivity contribution in [3.63, 3.8) is 0 Å². The maximum Gasteiger partial charge on any atom is 0.391 e. The first-order chi connectivity index (χ1) is 12.5. The number of hydrogen-bond acceptors (Lipinski definition) is 4. The maximum absolute atomic E-state index is 12.9. The third-order valence-electron chi connectivity index (χ3n) is 4.78. The first kappa shape index (κ1) is 21.7. The summed E-state index contributed by atoms with van der Waals surface area (Å²) < 4.78 is 69.1. The van der Waals surface area contributed by atoms with E-state index in [0.717, 1.165) is 6.26 Å². The lowest BCUT2D eigenvalue weighted by molar-refractivity contribution is -0.182. The molecule has 5 nitrogen and oxygen atoms in total. The van der Waals surface area contributed by atoms with Crippen molar-refractivity contribution < 1.29 is 31.1 Å². The van der Waals surface area contributed by atoms with Gasteiger partial charge in [0.15, 0.2) is 0 Å². The number of carbonyl (C=O) groups excluding carboxylic acids is 1. The van der Waals surface area contributed by atoms with E-state index in [9.17, 15) is 26.4 Å². The molecule has 2 rings (SSSR count). The minimum absolute atomic E-state index is 0.00299. The van der Waals surface area contributed by atoms with Gasteiger partial charge in [0.1, 0.15) is 0 Å². The van der Waals surface area contributed by atoms with E-state index >= 15 is 0 Å². The largest absolute Gasteiger partial charge is 0.391 e. The molecule has 1 N–H and O–H groups in total. The molecule has 152 valence electrons. The Balaban J connectivity index is 2.34. The van der Waals surface area contributed by atoms with Crippen LogP contribution in [0.25, 0.3) is 0 Å². The molecule has 1 aliphatic rings. The zero-order valence-corrected chi connectivity index (χ0v) is 16.1. The quantitative estimate of drug-likeness (QED) is 0.780. The lowest BCUT2D eigenvalue weighted by Crippen LogP contribution is -2.32. The molecule has 1 saturated carbocycles. The number of amides is 1. The second-order valence-electron chi connectivity index (χ2n) is 6.81. The molecule has 1 fully saturated rings. The Morgan fingerprint density at radius 2 is 1.85 bits per heavy atom. The number of alkyl halides is 3. The van der Waals surface area contributed by atoms with E-state index in [0.29, 0.717) is 30.6 Å². The van der Waals surface area contributed by atoms with Crippen molar-refractivity contribution in [1.29, 1.82) is 0 Å². The van der Waals surface area contributed by atoms with Crippen LogP contribution in [0.5, 0.6) is 0 Å². The topological polar surface area (TPSA) is 72.5 Å². The molecule has 27 heavy (non-hydrogen) atoms. The zero-order chi connectivity index (χ0) is 20.2. The Morgan fingerprint density at radius 1 is 1.22 bits per heavy atom. The standard InChI is InChI=1S/C18H24F3NO4S/c1-3-26-11-13-5-4-6-15(16(13)17(23)22-27(2,24)25)12-7-9-14(10-8-12)18(19,20)21/h4-6,12,14H,3,7-11H2,1-2H3,(H,22,23). The summed E-state index contributed by atoms with van der Waals surface area (Å²) in [4.78, 5) is 12.6. The smallest absolute Gasteiger partial charge is 0.377 e. The van der Waals surface area contributed by atoms with Crippen LogP contribution in [0, 0.1) is 5.92 Å². The molecule has 0 aromatic heterocycles. The van der Waals surface area contributed by atoms with Crippen LogP contribution in [-0.4, -0.2) is 33.4 Å². The van der Waals surface area contributed by atoms with Crippen LogP contribution >= 0.6 is 0 Å². The fourth-order valence-electron chi connectivity index (χ4n) is 3.52. The molecule has 1 aromatic carbocycles. The molecule has 1 aromatic rings. The molecule has 1 amide bonds. The van der Waals surface area contributed by atoms with Crippen LogP contribution in [0.15, 0.2) is 18.2 Å². The predicted octanol–water partition coefficient (Wildman–Crippen LogP) is 3.75. The predicted molar refractivity (Wildman–Crippen MR) is 94.8 cm³/mol. The number of ether oxygens (including phenoxy) is 1. The number of hydrogen-bond donors (Lipinski definition) is 1. The van der Waals surface area contributed by atoms with Crippen molar-refractivity contribution in [2.45, 2.75) is 51.3 Å². The third-order valence-corrected chi connectivity index (χ3v) is 5.34. The Hall–Kier alpha value is -1.61. The third kappa shape index (κ3) is 5.93. The Kier molecular flexibility index (Phi) is 6.91. The number of rotatable bonds is 6. The number of nitrogens with one attached hydrogen (secondary N) is 1. The molecule has 0 spiro atoms. The second-order valence-corrected chi connectivity index (χ2v) is 8.56. The maximum atomic E-state index is 12.9. The van der Waals surface area contributed by atoms with Gasteiger partial charge in [0.2, 0.25) is 10.0 Å². The van der Waals surface area contributed by atoms with Gasteiger partial charge < -0.3 is 4.74 Å². The Bertz CT molecular complexity index is 769. The first-order valence-corrected chi connectivity index (χ1v) is 10.7. The van der Waals surface area contributed by atoms with Crippen LogP contribution in [0.2, 0.25) is 0 Å². The van der Waals surface area contributed by atoms with Gasteiger partial charge in [-0.25, -0.2) is 13.1 Å². The molecule has 0 saturated heterocycles. The van der Waals surface area contributed by atoms with Gasteiger partial charge in [0, 0.05) is 12.2 Å². The summed E-state index contributed by atoms with van der Waals surface area (Å²) in [6.45, 7) is 2.32. The van der Waals surface area contributed by atoms with Crippen molar-refractivity contribution in [3.8, 4) is 0 Å². The average molecular weight is 407 g/mol. The normalized spacial score (nSPS) is 21.1. The van der Waals surface area contributed by atoms with Gasteiger partial charge in [0.05, 0.1) is 18.8 Å². The van der Waals surface area contributed by atoms with E-state index in [-0.39, 0.29) is 30.9 Å². The van der Waals surface area contributed by atoms with E-state index in [4.69, 9.17) is 4.74 Å². The molecule has 0 aliphatic heterocycles. The van der Waals surface area contributed by atoms with E-state index < -0.39 is 28.0 Å². The van der Waals surface area contributed by atoms with Crippen molar-refractivity contribution in [1.82, 2.24) is 4.72 Å². The van der Waals surface area contributed by atoms with Gasteiger partial charge in [-0.3, -0.25) is 4.79 Å². The van der Waals surface area contributed by atoms with Gasteiger partial charge in [-0.1, -0.05) is 18.2 Å². The van der Waals surface area contributed by atoms with Crippen LogP contribution < -0.4 is 4.72 Å². The molecule has 9 heteroatoms. The summed E-state index contributed by atoms with van der Waals surface area (Å²) in [5, 5.41) is 0. The first-order valence-electron chi connectivity index (χ1n) is 8.81. The van der Waals surface area contributed by atoms with Crippen LogP contribution in [0.1, 0.15) is 60.0 Å². The number of carbonyl (C=O) groups is 1. The van der Waals surface area contributed by atoms with Crippen LogP contribution in [0.4, 0.5) is 13.2 Å². The minimum Gasteiger partial charge on any atom is -0.377 e. The summed E-state index contributed by atoms with van der Waals surface area (Å²) in [5.74, 6) is -2.33. The monoisotopic (exact) mass is 407 g/mol. The lowest BCUT2D eigenvalue weighted by Gasteiger charge is -2.31. The van der Waals surface area contributed by atoms with Gasteiger partial charge in [-0.05, 0) is 49.7 Å². The van der Waals surface area contributed by atoms with Crippen molar-refractivity contribution in [2.75, 3.05) is 12.9 Å². The molecular formula is C18H24F3NO4S. The van der Waals surface area contributed by atoms with Crippen molar-refractivity contribution in [3.05, 3.63) is 34.9 Å². The summed E-state index contributed by atoms with van der Waals surface area (Å²) in [7, 11) is -3.77. The van der Waals surface area contributed by atoms with Crippen molar-refractivity contribution >= 4 is 15.9 Å². The lowest BCUT2D eigenvalue weighted by atomic mass is 9.76. The van der Waals surface area contributed by atoms with Crippen LogP contribution in [0.3, 0.4) is 0 Å². The number of halogens is 3. The Morgan fingerprint density at radius 3 is 2.37 bits per heavy atom. The highest BCUT2D eigenvalue weighted by Crippen LogP contribution is 2.43. The highest BCUT2D eigenvalue weighted by molar-refractivity contribution is 7.89. The van der Waals surface area contributed by atoms with Crippen LogP contribution in [-0.2, 0) is 21.4 Å². The molecule has 1 aliphatic carbocycles. The van der Waals surface area contributed by atoms with Gasteiger partial charge >= 0.3 is 6.18 Å². The van der Waals surface area contributed by atoms with Gasteiger partial charge in [-0.15, -0.1) is 0 Å². The highest BCUT2D eigenvalue weighted by atomic mass is 32.2. The summed E-state index contributed by atoms with van der Waals surface area (Å²) in [6.07, 6.45) is -2.75. The summed E-state index contributed by atoms with van der Waals surface area (Å²) >= 11 is 0. The number of benzene rings is 1. The highest BCUT2D eigenvalue weighted by Gasteiger charge is 2.42. The fourth-order valence-corrected chi connectivity index (χ4v) is 3.96. The molecule has 0 bridgehead atoms. The summed E-state index contributed by atoms with van der Waals surface area (Å²) in [5.41, 5.74) is 1.29. The van der Waals surface area contributed by atoms with Gasteiger partial charge in [0.25, 0.3) is 5.91 Å². The van der Waals surface area contributed by atoms with E-state index in [2.05, 4.69) is 0 Å². The zero-order valence-electron chi connectivity index (χ0n) is 15.3. The molecular weight excluding hydrogens is 383 g/mol. The van der Waals surface area contributed by atoms with E-state index in [1.807, 2.05) is 4.72 Å². The van der Waals surface area contributed by atoms with Gasteiger partial charge in [-0.2, -0.15) is 13.2 Å². The van der Waals surface area contributed by atoms with Crippen molar-refractivity contribution in [2.24, 2.45) is 5.92 Å². The molecule has 0 radical (unpaired) electrons. The van der Waals surface area contributed by atoms with E-state index in [1.54, 1.807) is 25.1 Å². The molecule has 0 atom stereocenters. The minimum atomic E-state index is -4.21. The number of sulfonamides is 1. The summed E-state index contributed by atoms with van der Waals surface area (Å²) in [6, 6.07) is 5.07. The average Bonchev–Trinajstić information content (AvgIpc) is 2.57. The van der Waals surface area contributed by atoms with E-state index in [1.165, 1.54) is 0 Å².